The molecule has 0 aliphatic heterocycles. The highest BCUT2D eigenvalue weighted by Gasteiger charge is 2.10. The fraction of sp³-hybridized carbons (Fsp3) is 0.182. The number of anilines is 1. The summed E-state index contributed by atoms with van der Waals surface area (Å²) in [6.45, 7) is 1.99. The van der Waals surface area contributed by atoms with E-state index in [-0.39, 0.29) is 5.82 Å². The summed E-state index contributed by atoms with van der Waals surface area (Å²) in [4.78, 5) is 4.18. The predicted molar refractivity (Wildman–Crippen MR) is 65.0 cm³/mol. The maximum absolute atomic E-state index is 13.5. The average molecular weight is 284 g/mol. The van der Waals surface area contributed by atoms with Crippen LogP contribution in [0.4, 0.5) is 10.1 Å². The van der Waals surface area contributed by atoms with Crippen LogP contribution in [0.2, 0.25) is 0 Å². The number of imidazole rings is 1. The Bertz CT molecular complexity index is 522. The molecule has 16 heavy (non-hydrogen) atoms. The second-order valence-electron chi connectivity index (χ2n) is 3.39. The molecule has 84 valence electrons. The van der Waals surface area contributed by atoms with Gasteiger partial charge in [0.15, 0.2) is 0 Å². The molecule has 1 aromatic carbocycles. The van der Waals surface area contributed by atoms with Gasteiger partial charge >= 0.3 is 0 Å². The van der Waals surface area contributed by atoms with Crippen molar-refractivity contribution in [1.82, 2.24) is 9.55 Å². The normalized spacial score (nSPS) is 10.7. The highest BCUT2D eigenvalue weighted by Crippen LogP contribution is 2.26. The van der Waals surface area contributed by atoms with E-state index in [4.69, 9.17) is 5.73 Å². The van der Waals surface area contributed by atoms with E-state index in [2.05, 4.69) is 20.9 Å². The summed E-state index contributed by atoms with van der Waals surface area (Å²) in [5.74, 6) is 0.522. The molecule has 5 heteroatoms. The van der Waals surface area contributed by atoms with Gasteiger partial charge in [0.2, 0.25) is 0 Å². The number of nitrogen functional groups attached to an aromatic ring is 1. The second kappa shape index (κ2) is 4.25. The van der Waals surface area contributed by atoms with Crippen molar-refractivity contribution in [2.24, 2.45) is 0 Å². The van der Waals surface area contributed by atoms with Gasteiger partial charge in [-0.2, -0.15) is 0 Å². The number of nitrogens with zero attached hydrogens (tertiary/aromatic N) is 2. The number of aromatic nitrogens is 2. The number of hydrogen-bond acceptors (Lipinski definition) is 2. The van der Waals surface area contributed by atoms with Crippen molar-refractivity contribution in [3.8, 4) is 5.69 Å². The van der Waals surface area contributed by atoms with Gasteiger partial charge in [-0.05, 0) is 22.0 Å². The van der Waals surface area contributed by atoms with Crippen molar-refractivity contribution in [1.29, 1.82) is 0 Å². The summed E-state index contributed by atoms with van der Waals surface area (Å²) in [6, 6.07) is 2.96. The van der Waals surface area contributed by atoms with Gasteiger partial charge in [-0.1, -0.05) is 6.92 Å². The molecule has 1 heterocycles. The van der Waals surface area contributed by atoms with E-state index in [1.54, 1.807) is 23.0 Å². The smallest absolute Gasteiger partial charge is 0.139 e. The molecule has 0 spiro atoms. The van der Waals surface area contributed by atoms with E-state index in [0.717, 1.165) is 12.2 Å². The lowest BCUT2D eigenvalue weighted by atomic mass is 10.2. The van der Waals surface area contributed by atoms with E-state index in [1.807, 2.05) is 6.92 Å². The topological polar surface area (TPSA) is 43.8 Å². The molecule has 2 aromatic rings. The van der Waals surface area contributed by atoms with E-state index in [1.165, 1.54) is 6.07 Å². The minimum Gasteiger partial charge on any atom is -0.397 e. The van der Waals surface area contributed by atoms with Crippen LogP contribution < -0.4 is 5.73 Å². The molecule has 0 saturated carbocycles. The number of rotatable bonds is 2. The van der Waals surface area contributed by atoms with Gasteiger partial charge in [0.25, 0.3) is 0 Å². The zero-order valence-electron chi connectivity index (χ0n) is 8.74. The Kier molecular flexibility index (Phi) is 2.96. The molecular formula is C11H11BrFN3. The molecule has 2 rings (SSSR count). The van der Waals surface area contributed by atoms with Gasteiger partial charge in [-0.3, -0.25) is 0 Å². The fourth-order valence-electron chi connectivity index (χ4n) is 1.58. The second-order valence-corrected chi connectivity index (χ2v) is 4.25. The summed E-state index contributed by atoms with van der Waals surface area (Å²) in [5, 5.41) is 0. The lowest BCUT2D eigenvalue weighted by Crippen LogP contribution is -2.03. The van der Waals surface area contributed by atoms with Crippen molar-refractivity contribution in [3.63, 3.8) is 0 Å². The number of hydrogen-bond donors (Lipinski definition) is 1. The summed E-state index contributed by atoms with van der Waals surface area (Å²) < 4.78 is 15.6. The molecular weight excluding hydrogens is 273 g/mol. The highest BCUT2D eigenvalue weighted by atomic mass is 79.9. The van der Waals surface area contributed by atoms with Gasteiger partial charge < -0.3 is 10.3 Å². The van der Waals surface area contributed by atoms with Gasteiger partial charge in [0, 0.05) is 24.9 Å². The first kappa shape index (κ1) is 11.1. The highest BCUT2D eigenvalue weighted by molar-refractivity contribution is 9.10. The van der Waals surface area contributed by atoms with Gasteiger partial charge in [0.1, 0.15) is 11.6 Å². The van der Waals surface area contributed by atoms with Gasteiger partial charge in [0.05, 0.1) is 15.8 Å². The van der Waals surface area contributed by atoms with Crippen LogP contribution >= 0.6 is 15.9 Å². The van der Waals surface area contributed by atoms with E-state index < -0.39 is 0 Å². The van der Waals surface area contributed by atoms with E-state index >= 15 is 0 Å². The van der Waals surface area contributed by atoms with Crippen molar-refractivity contribution in [2.45, 2.75) is 13.3 Å². The molecule has 3 nitrogen and oxygen atoms in total. The molecule has 0 fully saturated rings. The summed E-state index contributed by atoms with van der Waals surface area (Å²) in [6.07, 6.45) is 4.22. The largest absolute Gasteiger partial charge is 0.397 e. The van der Waals surface area contributed by atoms with Crippen molar-refractivity contribution in [2.75, 3.05) is 5.73 Å². The molecule has 0 unspecified atom stereocenters. The average Bonchev–Trinajstić information content (AvgIpc) is 2.71. The molecule has 0 radical (unpaired) electrons. The van der Waals surface area contributed by atoms with Crippen LogP contribution in [0.15, 0.2) is 29.0 Å². The maximum atomic E-state index is 13.5. The first-order valence-corrected chi connectivity index (χ1v) is 5.70. The molecule has 1 aromatic heterocycles. The Morgan fingerprint density at radius 1 is 1.50 bits per heavy atom. The summed E-state index contributed by atoms with van der Waals surface area (Å²) in [5.41, 5.74) is 7.00. The molecule has 0 bridgehead atoms. The number of aryl methyl sites for hydroxylation is 1. The zero-order chi connectivity index (χ0) is 11.7. The number of benzene rings is 1. The summed E-state index contributed by atoms with van der Waals surface area (Å²) in [7, 11) is 0. The monoisotopic (exact) mass is 283 g/mol. The molecule has 0 aliphatic rings. The van der Waals surface area contributed by atoms with E-state index in [0.29, 0.717) is 15.8 Å². The van der Waals surface area contributed by atoms with Gasteiger partial charge in [-0.15, -0.1) is 0 Å². The molecule has 0 atom stereocenters. The first-order chi connectivity index (χ1) is 7.63. The van der Waals surface area contributed by atoms with Crippen LogP contribution in [0.3, 0.4) is 0 Å². The lowest BCUT2D eigenvalue weighted by Gasteiger charge is -2.10. The Morgan fingerprint density at radius 3 is 2.94 bits per heavy atom. The molecule has 0 saturated heterocycles. The van der Waals surface area contributed by atoms with Crippen LogP contribution in [0.5, 0.6) is 0 Å². The van der Waals surface area contributed by atoms with Crippen LogP contribution in [0.25, 0.3) is 5.69 Å². The van der Waals surface area contributed by atoms with Crippen molar-refractivity contribution < 1.29 is 4.39 Å². The minimum atomic E-state index is -0.333. The van der Waals surface area contributed by atoms with Gasteiger partial charge in [-0.25, -0.2) is 9.37 Å². The standard InChI is InChI=1S/C11H11BrFN3/c1-2-11-15-3-4-16(11)10-6-8(13)7(12)5-9(10)14/h3-6H,2,14H2,1H3. The predicted octanol–water partition coefficient (Wildman–Crippen LogP) is 2.92. The van der Waals surface area contributed by atoms with Crippen molar-refractivity contribution in [3.05, 3.63) is 40.6 Å². The third-order valence-electron chi connectivity index (χ3n) is 2.36. The maximum Gasteiger partial charge on any atom is 0.139 e. The Labute approximate surface area is 101 Å². The zero-order valence-corrected chi connectivity index (χ0v) is 10.3. The van der Waals surface area contributed by atoms with Crippen LogP contribution in [0, 0.1) is 5.82 Å². The number of nitrogens with two attached hydrogens (primary N) is 1. The Morgan fingerprint density at radius 2 is 2.25 bits per heavy atom. The van der Waals surface area contributed by atoms with E-state index in [9.17, 15) is 4.39 Å². The number of halogens is 2. The third-order valence-corrected chi connectivity index (χ3v) is 2.97. The third kappa shape index (κ3) is 1.82. The molecule has 0 amide bonds. The SMILES string of the molecule is CCc1nccn1-c1cc(F)c(Br)cc1N. The molecule has 0 aliphatic carbocycles. The minimum absolute atomic E-state index is 0.333. The Hall–Kier alpha value is -1.36. The van der Waals surface area contributed by atoms with Crippen LogP contribution in [-0.4, -0.2) is 9.55 Å². The van der Waals surface area contributed by atoms with Crippen LogP contribution in [0.1, 0.15) is 12.7 Å². The van der Waals surface area contributed by atoms with Crippen molar-refractivity contribution >= 4 is 21.6 Å². The lowest BCUT2D eigenvalue weighted by molar-refractivity contribution is 0.620. The first-order valence-electron chi connectivity index (χ1n) is 4.90. The Balaban J connectivity index is 2.60. The quantitative estimate of drug-likeness (QED) is 0.862. The van der Waals surface area contributed by atoms with Crippen LogP contribution in [-0.2, 0) is 6.42 Å². The molecule has 2 N–H and O–H groups in total. The summed E-state index contributed by atoms with van der Waals surface area (Å²) >= 11 is 3.10. The fourth-order valence-corrected chi connectivity index (χ4v) is 1.94.